The number of pyridine rings is 1. The van der Waals surface area contributed by atoms with Gasteiger partial charge in [-0.25, -0.2) is 0 Å². The Morgan fingerprint density at radius 2 is 1.94 bits per heavy atom. The highest BCUT2D eigenvalue weighted by Gasteiger charge is 2.28. The van der Waals surface area contributed by atoms with Crippen molar-refractivity contribution in [1.29, 1.82) is 0 Å². The van der Waals surface area contributed by atoms with Crippen molar-refractivity contribution in [3.05, 3.63) is 58.9 Å². The Morgan fingerprint density at radius 1 is 1.10 bits per heavy atom. The predicted molar refractivity (Wildman–Crippen MR) is 119 cm³/mol. The second-order valence-electron chi connectivity index (χ2n) is 7.34. The molecule has 2 N–H and O–H groups in total. The van der Waals surface area contributed by atoms with Gasteiger partial charge >= 0.3 is 0 Å². The molecule has 3 aromatic rings. The Balaban J connectivity index is 1.33. The summed E-state index contributed by atoms with van der Waals surface area (Å²) in [4.78, 5) is 33.7. The van der Waals surface area contributed by atoms with Crippen molar-refractivity contribution >= 4 is 39.7 Å². The molecule has 31 heavy (non-hydrogen) atoms. The molecule has 0 bridgehead atoms. The van der Waals surface area contributed by atoms with Crippen LogP contribution in [0.1, 0.15) is 25.7 Å². The standard InChI is InChI=1S/C21H21N7O2S/c29-18(24-16-13-23-7-5-17(16)27-11-8-22-9-12-27)19-25-26-21(31-19)28-10-6-14-3-1-2-4-15(14)20(28)30/h1-5,7,13,22H,6,8-12H2,(H,24,29). The molecule has 0 atom stereocenters. The van der Waals surface area contributed by atoms with Crippen molar-refractivity contribution in [2.24, 2.45) is 0 Å². The minimum atomic E-state index is -0.363. The van der Waals surface area contributed by atoms with E-state index in [1.807, 2.05) is 30.3 Å². The van der Waals surface area contributed by atoms with Gasteiger partial charge in [0.2, 0.25) is 10.1 Å². The number of amides is 2. The highest BCUT2D eigenvalue weighted by atomic mass is 32.1. The fourth-order valence-corrected chi connectivity index (χ4v) is 4.63. The zero-order valence-corrected chi connectivity index (χ0v) is 17.6. The predicted octanol–water partition coefficient (Wildman–Crippen LogP) is 1.80. The fourth-order valence-electron chi connectivity index (χ4n) is 3.87. The minimum absolute atomic E-state index is 0.113. The van der Waals surface area contributed by atoms with Crippen LogP contribution in [0.4, 0.5) is 16.5 Å². The lowest BCUT2D eigenvalue weighted by Crippen LogP contribution is -2.43. The maximum Gasteiger partial charge on any atom is 0.286 e. The average Bonchev–Trinajstić information content (AvgIpc) is 3.31. The molecular formula is C21H21N7O2S. The minimum Gasteiger partial charge on any atom is -0.367 e. The van der Waals surface area contributed by atoms with Gasteiger partial charge in [-0.15, -0.1) is 10.2 Å². The number of benzene rings is 1. The summed E-state index contributed by atoms with van der Waals surface area (Å²) < 4.78 is 0. The van der Waals surface area contributed by atoms with E-state index in [0.717, 1.165) is 55.2 Å². The quantitative estimate of drug-likeness (QED) is 0.644. The Morgan fingerprint density at radius 3 is 2.81 bits per heavy atom. The lowest BCUT2D eigenvalue weighted by Gasteiger charge is -2.30. The summed E-state index contributed by atoms with van der Waals surface area (Å²) in [5.41, 5.74) is 3.26. The SMILES string of the molecule is O=C(Nc1cnccc1N1CCNCC1)c1nnc(N2CCc3ccccc3C2=O)s1. The van der Waals surface area contributed by atoms with Crippen LogP contribution < -0.4 is 20.4 Å². The van der Waals surface area contributed by atoms with Crippen LogP contribution in [0.15, 0.2) is 42.7 Å². The molecule has 2 aromatic heterocycles. The van der Waals surface area contributed by atoms with Gasteiger partial charge in [-0.1, -0.05) is 29.5 Å². The number of carbonyl (C=O) groups excluding carboxylic acids is 2. The van der Waals surface area contributed by atoms with Gasteiger partial charge in [0.1, 0.15) is 0 Å². The molecule has 0 saturated carbocycles. The summed E-state index contributed by atoms with van der Waals surface area (Å²) in [6.07, 6.45) is 4.10. The number of rotatable bonds is 4. The number of piperazine rings is 1. The molecule has 2 amide bonds. The number of aromatic nitrogens is 3. The highest BCUT2D eigenvalue weighted by molar-refractivity contribution is 7.17. The lowest BCUT2D eigenvalue weighted by atomic mass is 10.00. The Hall–Kier alpha value is -3.37. The van der Waals surface area contributed by atoms with Gasteiger partial charge in [0.15, 0.2) is 0 Å². The van der Waals surface area contributed by atoms with Crippen molar-refractivity contribution < 1.29 is 9.59 Å². The Labute approximate surface area is 183 Å². The summed E-state index contributed by atoms with van der Waals surface area (Å²) in [5, 5.41) is 15.0. The number of carbonyl (C=O) groups is 2. The molecule has 4 heterocycles. The smallest absolute Gasteiger partial charge is 0.286 e. The topological polar surface area (TPSA) is 103 Å². The molecule has 158 valence electrons. The third-order valence-corrected chi connectivity index (χ3v) is 6.39. The van der Waals surface area contributed by atoms with Gasteiger partial charge in [-0.3, -0.25) is 19.5 Å². The lowest BCUT2D eigenvalue weighted by molar-refractivity contribution is 0.0979. The van der Waals surface area contributed by atoms with Gasteiger partial charge in [0.05, 0.1) is 17.6 Å². The van der Waals surface area contributed by atoms with Crippen LogP contribution >= 0.6 is 11.3 Å². The first kappa shape index (κ1) is 19.6. The zero-order valence-electron chi connectivity index (χ0n) is 16.7. The monoisotopic (exact) mass is 435 g/mol. The summed E-state index contributed by atoms with van der Waals surface area (Å²) in [6.45, 7) is 4.01. The number of nitrogens with one attached hydrogen (secondary N) is 2. The maximum atomic E-state index is 12.9. The van der Waals surface area contributed by atoms with Crippen molar-refractivity contribution in [3.8, 4) is 0 Å². The molecule has 0 radical (unpaired) electrons. The first-order chi connectivity index (χ1) is 15.2. The highest BCUT2D eigenvalue weighted by Crippen LogP contribution is 2.29. The molecular weight excluding hydrogens is 414 g/mol. The van der Waals surface area contributed by atoms with Crippen molar-refractivity contribution in [1.82, 2.24) is 20.5 Å². The third kappa shape index (κ3) is 3.87. The molecule has 2 aliphatic heterocycles. The largest absolute Gasteiger partial charge is 0.367 e. The molecule has 1 aromatic carbocycles. The van der Waals surface area contributed by atoms with E-state index in [0.29, 0.717) is 22.9 Å². The van der Waals surface area contributed by atoms with Crippen molar-refractivity contribution in [2.45, 2.75) is 6.42 Å². The van der Waals surface area contributed by atoms with Crippen LogP contribution in [0.5, 0.6) is 0 Å². The van der Waals surface area contributed by atoms with Crippen molar-refractivity contribution in [2.75, 3.05) is 47.8 Å². The molecule has 9 nitrogen and oxygen atoms in total. The molecule has 0 unspecified atom stereocenters. The number of anilines is 3. The number of fused-ring (bicyclic) bond motifs is 1. The number of nitrogens with zero attached hydrogens (tertiary/aromatic N) is 5. The second-order valence-corrected chi connectivity index (χ2v) is 8.29. The van der Waals surface area contributed by atoms with Crippen LogP contribution in [0.25, 0.3) is 0 Å². The van der Waals surface area contributed by atoms with Crippen LogP contribution in [-0.2, 0) is 6.42 Å². The molecule has 5 rings (SSSR count). The van der Waals surface area contributed by atoms with Crippen LogP contribution in [0, 0.1) is 0 Å². The zero-order chi connectivity index (χ0) is 21.2. The summed E-state index contributed by atoms with van der Waals surface area (Å²) >= 11 is 1.11. The van der Waals surface area contributed by atoms with Gasteiger partial charge in [-0.2, -0.15) is 0 Å². The summed E-state index contributed by atoms with van der Waals surface area (Å²) in [6, 6.07) is 9.47. The Kier molecular flexibility index (Phi) is 5.31. The number of hydrogen-bond acceptors (Lipinski definition) is 8. The first-order valence-electron chi connectivity index (χ1n) is 10.1. The first-order valence-corrected chi connectivity index (χ1v) is 11.0. The van der Waals surface area contributed by atoms with Crippen molar-refractivity contribution in [3.63, 3.8) is 0 Å². The average molecular weight is 436 g/mol. The molecule has 0 aliphatic carbocycles. The van der Waals surface area contributed by atoms with Gasteiger partial charge < -0.3 is 15.5 Å². The Bertz CT molecular complexity index is 1130. The molecule has 1 saturated heterocycles. The molecule has 2 aliphatic rings. The van der Waals surface area contributed by atoms with E-state index in [-0.39, 0.29) is 16.8 Å². The molecule has 10 heteroatoms. The van der Waals surface area contributed by atoms with Gasteiger partial charge in [0.25, 0.3) is 11.8 Å². The summed E-state index contributed by atoms with van der Waals surface area (Å²) in [7, 11) is 0. The molecule has 1 fully saturated rings. The van der Waals surface area contributed by atoms with Crippen LogP contribution in [0.2, 0.25) is 0 Å². The van der Waals surface area contributed by atoms with E-state index in [1.54, 1.807) is 17.3 Å². The third-order valence-electron chi connectivity index (χ3n) is 5.44. The molecule has 0 spiro atoms. The van der Waals surface area contributed by atoms with Gasteiger partial charge in [-0.05, 0) is 24.1 Å². The van der Waals surface area contributed by atoms with E-state index in [9.17, 15) is 9.59 Å². The summed E-state index contributed by atoms with van der Waals surface area (Å²) in [5.74, 6) is -0.476. The van der Waals surface area contributed by atoms with E-state index >= 15 is 0 Å². The van der Waals surface area contributed by atoms with E-state index in [4.69, 9.17) is 0 Å². The normalized spacial score (nSPS) is 16.2. The van der Waals surface area contributed by atoms with E-state index < -0.39 is 0 Å². The van der Waals surface area contributed by atoms with E-state index in [2.05, 4.69) is 30.7 Å². The van der Waals surface area contributed by atoms with Crippen LogP contribution in [0.3, 0.4) is 0 Å². The number of hydrogen-bond donors (Lipinski definition) is 2. The second kappa shape index (κ2) is 8.40. The van der Waals surface area contributed by atoms with E-state index in [1.165, 1.54) is 0 Å². The van der Waals surface area contributed by atoms with Crippen LogP contribution in [-0.4, -0.2) is 59.7 Å². The van der Waals surface area contributed by atoms with Gasteiger partial charge in [0, 0.05) is 44.5 Å². The maximum absolute atomic E-state index is 12.9. The fraction of sp³-hybridized carbons (Fsp3) is 0.286.